The molecule has 2 atom stereocenters. The van der Waals surface area contributed by atoms with Crippen LogP contribution in [-0.4, -0.2) is 34.0 Å². The van der Waals surface area contributed by atoms with Gasteiger partial charge >= 0.3 is 0 Å². The molecule has 0 radical (unpaired) electrons. The third-order valence-corrected chi connectivity index (χ3v) is 2.98. The van der Waals surface area contributed by atoms with Crippen molar-refractivity contribution in [3.8, 4) is 0 Å². The molecule has 1 N–H and O–H groups in total. The third-order valence-electron chi connectivity index (χ3n) is 2.98. The van der Waals surface area contributed by atoms with E-state index in [1.54, 1.807) is 13.0 Å². The van der Waals surface area contributed by atoms with Crippen LogP contribution < -0.4 is 5.32 Å². The van der Waals surface area contributed by atoms with E-state index in [2.05, 4.69) is 10.5 Å². The maximum atomic E-state index is 12.1. The van der Waals surface area contributed by atoms with Gasteiger partial charge in [0.25, 0.3) is 0 Å². The first-order valence-electron chi connectivity index (χ1n) is 5.63. The summed E-state index contributed by atoms with van der Waals surface area (Å²) in [5.74, 6) is -0.192. The highest BCUT2D eigenvalue weighted by Crippen LogP contribution is 2.14. The van der Waals surface area contributed by atoms with Crippen molar-refractivity contribution in [1.29, 1.82) is 0 Å². The van der Waals surface area contributed by atoms with Gasteiger partial charge in [-0.15, -0.1) is 0 Å². The number of nitrogens with one attached hydrogen (secondary N) is 1. The number of aromatic nitrogens is 1. The van der Waals surface area contributed by atoms with Gasteiger partial charge in [0, 0.05) is 6.07 Å². The molecule has 2 heterocycles. The van der Waals surface area contributed by atoms with Gasteiger partial charge in [0.15, 0.2) is 0 Å². The molecule has 17 heavy (non-hydrogen) atoms. The Labute approximate surface area is 98.9 Å². The van der Waals surface area contributed by atoms with Gasteiger partial charge in [-0.05, 0) is 13.3 Å². The molecule has 0 aliphatic carbocycles. The summed E-state index contributed by atoms with van der Waals surface area (Å²) in [6.07, 6.45) is 2.04. The molecule has 1 fully saturated rings. The Morgan fingerprint density at radius 2 is 2.29 bits per heavy atom. The Kier molecular flexibility index (Phi) is 3.12. The number of amides is 2. The molecule has 1 aromatic rings. The van der Waals surface area contributed by atoms with Crippen LogP contribution in [0.2, 0.25) is 0 Å². The zero-order valence-electron chi connectivity index (χ0n) is 9.84. The zero-order valence-corrected chi connectivity index (χ0v) is 9.84. The zero-order chi connectivity index (χ0) is 12.4. The van der Waals surface area contributed by atoms with Gasteiger partial charge < -0.3 is 14.7 Å². The van der Waals surface area contributed by atoms with E-state index in [1.165, 1.54) is 11.2 Å². The Bertz CT molecular complexity index is 416. The fourth-order valence-electron chi connectivity index (χ4n) is 1.87. The SMILES string of the molecule is CCC1NC(=O)C(C)N(Cc2ccon2)C1=O. The van der Waals surface area contributed by atoms with E-state index in [-0.39, 0.29) is 11.8 Å². The first kappa shape index (κ1) is 11.6. The Balaban J connectivity index is 2.17. The van der Waals surface area contributed by atoms with Crippen LogP contribution >= 0.6 is 0 Å². The number of hydrogen-bond acceptors (Lipinski definition) is 4. The van der Waals surface area contributed by atoms with Gasteiger partial charge in [0.2, 0.25) is 11.8 Å². The number of nitrogens with zero attached hydrogens (tertiary/aromatic N) is 2. The van der Waals surface area contributed by atoms with Crippen molar-refractivity contribution >= 4 is 11.8 Å². The lowest BCUT2D eigenvalue weighted by Crippen LogP contribution is -2.61. The fraction of sp³-hybridized carbons (Fsp3) is 0.545. The maximum Gasteiger partial charge on any atom is 0.246 e. The first-order chi connectivity index (χ1) is 8.13. The highest BCUT2D eigenvalue weighted by molar-refractivity contribution is 5.96. The van der Waals surface area contributed by atoms with Crippen molar-refractivity contribution in [2.24, 2.45) is 0 Å². The Hall–Kier alpha value is -1.85. The second-order valence-corrected chi connectivity index (χ2v) is 4.10. The van der Waals surface area contributed by atoms with Crippen molar-refractivity contribution < 1.29 is 14.1 Å². The molecule has 0 bridgehead atoms. The summed E-state index contributed by atoms with van der Waals surface area (Å²) in [4.78, 5) is 25.3. The third kappa shape index (κ3) is 2.15. The normalized spacial score (nSPS) is 24.9. The number of carbonyl (C=O) groups is 2. The molecule has 1 saturated heterocycles. The summed E-state index contributed by atoms with van der Waals surface area (Å²) in [6.45, 7) is 3.88. The van der Waals surface area contributed by atoms with Crippen LogP contribution in [0.1, 0.15) is 26.0 Å². The van der Waals surface area contributed by atoms with Crippen molar-refractivity contribution in [2.45, 2.75) is 38.9 Å². The second-order valence-electron chi connectivity index (χ2n) is 4.10. The monoisotopic (exact) mass is 237 g/mol. The summed E-state index contributed by atoms with van der Waals surface area (Å²) in [5.41, 5.74) is 0.648. The number of piperazine rings is 1. The van der Waals surface area contributed by atoms with Crippen molar-refractivity contribution in [3.63, 3.8) is 0 Å². The van der Waals surface area contributed by atoms with Crippen LogP contribution in [-0.2, 0) is 16.1 Å². The molecule has 2 unspecified atom stereocenters. The predicted octanol–water partition coefficient (Wildman–Crippen LogP) is 0.300. The summed E-state index contributed by atoms with van der Waals surface area (Å²) in [7, 11) is 0. The lowest BCUT2D eigenvalue weighted by molar-refractivity contribution is -0.149. The van der Waals surface area contributed by atoms with Crippen LogP contribution in [0.25, 0.3) is 0 Å². The lowest BCUT2D eigenvalue weighted by Gasteiger charge is -2.36. The molecule has 6 nitrogen and oxygen atoms in total. The number of carbonyl (C=O) groups excluding carboxylic acids is 2. The minimum atomic E-state index is -0.470. The van der Waals surface area contributed by atoms with Crippen LogP contribution in [0.15, 0.2) is 16.9 Å². The molecular weight excluding hydrogens is 222 g/mol. The fourth-order valence-corrected chi connectivity index (χ4v) is 1.87. The molecule has 1 aliphatic rings. The number of hydrogen-bond donors (Lipinski definition) is 1. The Morgan fingerprint density at radius 3 is 2.88 bits per heavy atom. The van der Waals surface area contributed by atoms with E-state index < -0.39 is 12.1 Å². The van der Waals surface area contributed by atoms with Crippen LogP contribution in [0.4, 0.5) is 0 Å². The highest BCUT2D eigenvalue weighted by atomic mass is 16.5. The quantitative estimate of drug-likeness (QED) is 0.820. The van der Waals surface area contributed by atoms with Crippen molar-refractivity contribution in [2.75, 3.05) is 0 Å². The first-order valence-corrected chi connectivity index (χ1v) is 5.63. The second kappa shape index (κ2) is 4.57. The Morgan fingerprint density at radius 1 is 1.53 bits per heavy atom. The minimum Gasteiger partial charge on any atom is -0.364 e. The van der Waals surface area contributed by atoms with Crippen LogP contribution in [0.3, 0.4) is 0 Å². The van der Waals surface area contributed by atoms with Crippen LogP contribution in [0.5, 0.6) is 0 Å². The van der Waals surface area contributed by atoms with E-state index in [9.17, 15) is 9.59 Å². The van der Waals surface area contributed by atoms with E-state index in [0.29, 0.717) is 18.7 Å². The predicted molar refractivity (Wildman–Crippen MR) is 58.7 cm³/mol. The number of rotatable bonds is 3. The van der Waals surface area contributed by atoms with E-state index in [0.717, 1.165) is 0 Å². The molecule has 0 saturated carbocycles. The molecule has 6 heteroatoms. The van der Waals surface area contributed by atoms with Crippen LogP contribution in [0, 0.1) is 0 Å². The van der Waals surface area contributed by atoms with Gasteiger partial charge in [-0.3, -0.25) is 9.59 Å². The van der Waals surface area contributed by atoms with E-state index in [1.807, 2.05) is 6.92 Å². The maximum absolute atomic E-state index is 12.1. The molecule has 92 valence electrons. The molecule has 1 aromatic heterocycles. The van der Waals surface area contributed by atoms with Gasteiger partial charge in [-0.1, -0.05) is 12.1 Å². The average Bonchev–Trinajstić information content (AvgIpc) is 2.82. The molecule has 0 aromatic carbocycles. The standard InChI is InChI=1S/C11H15N3O3/c1-3-9-11(16)14(7(2)10(15)12-9)6-8-4-5-17-13-8/h4-5,7,9H,3,6H2,1-2H3,(H,12,15). The average molecular weight is 237 g/mol. The molecular formula is C11H15N3O3. The summed E-state index contributed by atoms with van der Waals surface area (Å²) in [5, 5.41) is 6.46. The van der Waals surface area contributed by atoms with Crippen molar-refractivity contribution in [3.05, 3.63) is 18.0 Å². The van der Waals surface area contributed by atoms with Crippen molar-refractivity contribution in [1.82, 2.24) is 15.4 Å². The summed E-state index contributed by atoms with van der Waals surface area (Å²) < 4.78 is 4.72. The van der Waals surface area contributed by atoms with Gasteiger partial charge in [-0.25, -0.2) is 0 Å². The topological polar surface area (TPSA) is 75.4 Å². The summed E-state index contributed by atoms with van der Waals surface area (Å²) in [6, 6.07) is 0.792. The van der Waals surface area contributed by atoms with E-state index >= 15 is 0 Å². The summed E-state index contributed by atoms with van der Waals surface area (Å²) >= 11 is 0. The minimum absolute atomic E-state index is 0.0670. The molecule has 2 rings (SSSR count). The smallest absolute Gasteiger partial charge is 0.246 e. The van der Waals surface area contributed by atoms with Gasteiger partial charge in [0.1, 0.15) is 24.0 Å². The van der Waals surface area contributed by atoms with E-state index in [4.69, 9.17) is 4.52 Å². The lowest BCUT2D eigenvalue weighted by atomic mass is 10.1. The molecule has 2 amide bonds. The van der Waals surface area contributed by atoms with Gasteiger partial charge in [-0.2, -0.15) is 0 Å². The molecule has 0 spiro atoms. The van der Waals surface area contributed by atoms with Gasteiger partial charge in [0.05, 0.1) is 6.54 Å². The largest absolute Gasteiger partial charge is 0.364 e. The molecule has 1 aliphatic heterocycles. The highest BCUT2D eigenvalue weighted by Gasteiger charge is 2.37.